The Bertz CT molecular complexity index is 1450. The van der Waals surface area contributed by atoms with Crippen molar-refractivity contribution >= 4 is 28.5 Å². The number of benzene rings is 1. The number of hydrogen-bond acceptors (Lipinski definition) is 4. The average Bonchev–Trinajstić information content (AvgIpc) is 3.18. The van der Waals surface area contributed by atoms with Crippen LogP contribution in [0.1, 0.15) is 60.2 Å². The Balaban J connectivity index is 1.79. The molecule has 0 saturated carbocycles. The maximum atomic E-state index is 14.6. The van der Waals surface area contributed by atoms with Crippen LogP contribution >= 0.6 is 0 Å². The van der Waals surface area contributed by atoms with Crippen LogP contribution in [0.25, 0.3) is 11.0 Å². The number of piperidine rings is 1. The number of nitriles is 1. The largest absolute Gasteiger partial charge is 0.419 e. The monoisotopic (exact) mass is 529 g/mol. The third kappa shape index (κ3) is 4.83. The van der Waals surface area contributed by atoms with Gasteiger partial charge in [0.15, 0.2) is 5.82 Å². The van der Waals surface area contributed by atoms with Crippen LogP contribution in [0.15, 0.2) is 30.6 Å². The minimum absolute atomic E-state index is 0.00330. The first-order chi connectivity index (χ1) is 17.8. The molecule has 38 heavy (non-hydrogen) atoms. The third-order valence-electron chi connectivity index (χ3n) is 7.02. The van der Waals surface area contributed by atoms with Gasteiger partial charge in [0.05, 0.1) is 28.6 Å². The van der Waals surface area contributed by atoms with Gasteiger partial charge in [0.1, 0.15) is 11.7 Å². The van der Waals surface area contributed by atoms with Gasteiger partial charge >= 0.3 is 6.18 Å². The molecule has 1 aromatic carbocycles. The van der Waals surface area contributed by atoms with Gasteiger partial charge in [-0.2, -0.15) is 18.4 Å². The summed E-state index contributed by atoms with van der Waals surface area (Å²) in [4.78, 5) is 31.3. The van der Waals surface area contributed by atoms with Gasteiger partial charge in [0, 0.05) is 37.6 Å². The number of amides is 2. The second-order valence-corrected chi connectivity index (χ2v) is 9.98. The van der Waals surface area contributed by atoms with Crippen molar-refractivity contribution in [3.63, 3.8) is 0 Å². The molecule has 2 aromatic heterocycles. The molecule has 0 radical (unpaired) electrons. The molecule has 3 heterocycles. The van der Waals surface area contributed by atoms with E-state index in [9.17, 15) is 27.2 Å². The molecule has 2 atom stereocenters. The maximum absolute atomic E-state index is 14.6. The molecule has 200 valence electrons. The summed E-state index contributed by atoms with van der Waals surface area (Å²) in [6.07, 6.45) is -1.87. The van der Waals surface area contributed by atoms with Crippen LogP contribution in [0.2, 0.25) is 0 Å². The molecule has 0 bridgehead atoms. The zero-order valence-corrected chi connectivity index (χ0v) is 21.4. The molecule has 11 heteroatoms. The zero-order valence-electron chi connectivity index (χ0n) is 21.4. The molecule has 1 aliphatic heterocycles. The third-order valence-corrected chi connectivity index (χ3v) is 7.02. The number of hydrogen-bond donors (Lipinski definition) is 1. The molecule has 7 nitrogen and oxygen atoms in total. The van der Waals surface area contributed by atoms with Crippen molar-refractivity contribution in [2.45, 2.75) is 39.3 Å². The molecule has 1 aliphatic rings. The molecule has 0 aliphatic carbocycles. The highest BCUT2D eigenvalue weighted by molar-refractivity contribution is 6.06. The molecule has 1 fully saturated rings. The van der Waals surface area contributed by atoms with E-state index in [0.29, 0.717) is 25.1 Å². The summed E-state index contributed by atoms with van der Waals surface area (Å²) in [6.45, 7) is 6.35. The number of carbonyl (C=O) groups excluding carboxylic acids is 2. The first kappa shape index (κ1) is 27.1. The lowest BCUT2D eigenvalue weighted by Gasteiger charge is -2.38. The quantitative estimate of drug-likeness (QED) is 0.454. The van der Waals surface area contributed by atoms with Gasteiger partial charge in [-0.25, -0.2) is 9.37 Å². The van der Waals surface area contributed by atoms with Gasteiger partial charge in [0.25, 0.3) is 5.91 Å². The van der Waals surface area contributed by atoms with E-state index in [4.69, 9.17) is 5.26 Å². The number of likely N-dealkylation sites (tertiary alicyclic amines) is 1. The van der Waals surface area contributed by atoms with Gasteiger partial charge in [0.2, 0.25) is 5.91 Å². The number of nitrogens with zero attached hydrogens (tertiary/aromatic N) is 4. The van der Waals surface area contributed by atoms with Crippen molar-refractivity contribution in [3.05, 3.63) is 58.7 Å². The van der Waals surface area contributed by atoms with E-state index in [0.717, 1.165) is 18.3 Å². The number of alkyl halides is 3. The molecule has 0 unspecified atom stereocenters. The fraction of sp³-hybridized carbons (Fsp3) is 0.407. The van der Waals surface area contributed by atoms with E-state index in [2.05, 4.69) is 10.3 Å². The normalized spacial score (nSPS) is 18.1. The number of fused-ring (bicyclic) bond motifs is 1. The number of aryl methyl sites for hydroxylation is 1. The summed E-state index contributed by atoms with van der Waals surface area (Å²) in [7, 11) is 1.60. The smallest absolute Gasteiger partial charge is 0.342 e. The van der Waals surface area contributed by atoms with Crippen LogP contribution < -0.4 is 5.32 Å². The predicted molar refractivity (Wildman–Crippen MR) is 133 cm³/mol. The standard InChI is InChI=1S/C27H27F4N5O2/c1-14(2)26(38)36-9-8-17(15(3)12-36)19-13-35(4)24-21(19)22(27(29,30)31)20(11-33-24)34-25(37)18-7-5-6-16(10-32)23(18)28/h5-7,11,13-15,17H,8-9,12H2,1-4H3,(H,34,37)/t15-,17+/m0/s1. The second kappa shape index (κ2) is 10.1. The molecule has 3 aromatic rings. The van der Waals surface area contributed by atoms with E-state index in [-0.39, 0.29) is 34.7 Å². The Morgan fingerprint density at radius 1 is 1.26 bits per heavy atom. The second-order valence-electron chi connectivity index (χ2n) is 9.98. The van der Waals surface area contributed by atoms with E-state index in [1.165, 1.54) is 10.6 Å². The minimum atomic E-state index is -4.87. The number of rotatable bonds is 4. The minimum Gasteiger partial charge on any atom is -0.342 e. The zero-order chi connectivity index (χ0) is 27.9. The molecule has 1 saturated heterocycles. The molecular weight excluding hydrogens is 502 g/mol. The number of halogens is 4. The Labute approximate surface area is 217 Å². The number of pyridine rings is 1. The van der Waals surface area contributed by atoms with E-state index in [1.54, 1.807) is 24.2 Å². The highest BCUT2D eigenvalue weighted by Crippen LogP contribution is 2.45. The highest BCUT2D eigenvalue weighted by atomic mass is 19.4. The fourth-order valence-corrected chi connectivity index (χ4v) is 5.20. The Kier molecular flexibility index (Phi) is 7.19. The molecule has 4 rings (SSSR count). The number of anilines is 1. The SMILES string of the molecule is CC(C)C(=O)N1CC[C@@H](c2cn(C)c3ncc(NC(=O)c4cccc(C#N)c4F)c(C(F)(F)F)c23)[C@@H](C)C1. The van der Waals surface area contributed by atoms with Crippen LogP contribution in [-0.4, -0.2) is 39.4 Å². The van der Waals surface area contributed by atoms with Crippen molar-refractivity contribution < 1.29 is 27.2 Å². The number of aromatic nitrogens is 2. The van der Waals surface area contributed by atoms with Crippen molar-refractivity contribution in [2.24, 2.45) is 18.9 Å². The Morgan fingerprint density at radius 2 is 1.97 bits per heavy atom. The van der Waals surface area contributed by atoms with Gasteiger partial charge in [-0.15, -0.1) is 0 Å². The van der Waals surface area contributed by atoms with Gasteiger partial charge in [-0.3, -0.25) is 9.59 Å². The summed E-state index contributed by atoms with van der Waals surface area (Å²) in [5.41, 5.74) is -2.11. The summed E-state index contributed by atoms with van der Waals surface area (Å²) >= 11 is 0. The van der Waals surface area contributed by atoms with Crippen molar-refractivity contribution in [2.75, 3.05) is 18.4 Å². The predicted octanol–water partition coefficient (Wildman–Crippen LogP) is 5.46. The van der Waals surface area contributed by atoms with E-state index >= 15 is 0 Å². The summed E-state index contributed by atoms with van der Waals surface area (Å²) in [5.74, 6) is -2.83. The summed E-state index contributed by atoms with van der Waals surface area (Å²) in [5, 5.41) is 11.1. The van der Waals surface area contributed by atoms with Crippen LogP contribution in [-0.2, 0) is 18.0 Å². The van der Waals surface area contributed by atoms with Crippen molar-refractivity contribution in [1.82, 2.24) is 14.5 Å². The number of carbonyl (C=O) groups is 2. The van der Waals surface area contributed by atoms with Gasteiger partial charge < -0.3 is 14.8 Å². The van der Waals surface area contributed by atoms with Crippen LogP contribution in [0.4, 0.5) is 23.2 Å². The lowest BCUT2D eigenvalue weighted by Crippen LogP contribution is -2.43. The van der Waals surface area contributed by atoms with Crippen molar-refractivity contribution in [3.8, 4) is 6.07 Å². The van der Waals surface area contributed by atoms with E-state index in [1.807, 2.05) is 20.8 Å². The Hall–Kier alpha value is -3.94. The van der Waals surface area contributed by atoms with Crippen LogP contribution in [0, 0.1) is 29.0 Å². The average molecular weight is 530 g/mol. The lowest BCUT2D eigenvalue weighted by molar-refractivity contribution is -0.136. The van der Waals surface area contributed by atoms with Crippen LogP contribution in [0.5, 0.6) is 0 Å². The topological polar surface area (TPSA) is 91.0 Å². The number of nitrogens with one attached hydrogen (secondary N) is 1. The van der Waals surface area contributed by atoms with Crippen molar-refractivity contribution in [1.29, 1.82) is 5.26 Å². The summed E-state index contributed by atoms with van der Waals surface area (Å²) in [6, 6.07) is 5.13. The van der Waals surface area contributed by atoms with Gasteiger partial charge in [-0.05, 0) is 36.0 Å². The van der Waals surface area contributed by atoms with Crippen LogP contribution in [0.3, 0.4) is 0 Å². The molecule has 2 amide bonds. The van der Waals surface area contributed by atoms with Gasteiger partial charge in [-0.1, -0.05) is 26.8 Å². The fourth-order valence-electron chi connectivity index (χ4n) is 5.20. The molecular formula is C27H27F4N5O2. The molecule has 0 spiro atoms. The Morgan fingerprint density at radius 3 is 2.58 bits per heavy atom. The first-order valence-electron chi connectivity index (χ1n) is 12.2. The summed E-state index contributed by atoms with van der Waals surface area (Å²) < 4.78 is 59.8. The maximum Gasteiger partial charge on any atom is 0.419 e. The lowest BCUT2D eigenvalue weighted by atomic mass is 9.80. The van der Waals surface area contributed by atoms with E-state index < -0.39 is 40.3 Å². The highest BCUT2D eigenvalue weighted by Gasteiger charge is 2.41. The molecule has 1 N–H and O–H groups in total. The first-order valence-corrected chi connectivity index (χ1v) is 12.2.